The van der Waals surface area contributed by atoms with Gasteiger partial charge in [0, 0.05) is 24.0 Å². The lowest BCUT2D eigenvalue weighted by molar-refractivity contribution is 0.327. The van der Waals surface area contributed by atoms with Gasteiger partial charge < -0.3 is 15.5 Å². The molecule has 2 aromatic heterocycles. The van der Waals surface area contributed by atoms with Crippen molar-refractivity contribution >= 4 is 5.65 Å². The zero-order valence-electron chi connectivity index (χ0n) is 9.84. The van der Waals surface area contributed by atoms with Crippen molar-refractivity contribution in [3.63, 3.8) is 0 Å². The predicted molar refractivity (Wildman–Crippen MR) is 68.0 cm³/mol. The Balaban J connectivity index is 2.01. The largest absolute Gasteiger partial charge is 0.330 e. The van der Waals surface area contributed by atoms with Gasteiger partial charge in [-0.15, -0.1) is 0 Å². The van der Waals surface area contributed by atoms with E-state index in [0.717, 1.165) is 31.7 Å². The van der Waals surface area contributed by atoms with Gasteiger partial charge in [0.1, 0.15) is 5.65 Å². The van der Waals surface area contributed by atoms with Crippen LogP contribution in [-0.2, 0) is 0 Å². The first-order valence-electron chi connectivity index (χ1n) is 6.23. The number of hydrogen-bond donors (Lipinski definition) is 2. The van der Waals surface area contributed by atoms with Crippen molar-refractivity contribution < 1.29 is 0 Å². The van der Waals surface area contributed by atoms with Gasteiger partial charge >= 0.3 is 0 Å². The third-order valence-corrected chi connectivity index (χ3v) is 3.74. The van der Waals surface area contributed by atoms with Gasteiger partial charge in [-0.2, -0.15) is 0 Å². The molecule has 3 rings (SSSR count). The minimum absolute atomic E-state index is 0.517. The smallest absolute Gasteiger partial charge is 0.136 e. The molecule has 17 heavy (non-hydrogen) atoms. The van der Waals surface area contributed by atoms with Gasteiger partial charge in [-0.3, -0.25) is 0 Å². The maximum Gasteiger partial charge on any atom is 0.136 e. The topological polar surface area (TPSA) is 55.3 Å². The van der Waals surface area contributed by atoms with Crippen LogP contribution in [0, 0.1) is 5.92 Å². The Morgan fingerprint density at radius 1 is 1.47 bits per heavy atom. The second kappa shape index (κ2) is 4.47. The van der Waals surface area contributed by atoms with E-state index in [1.54, 1.807) is 0 Å². The molecule has 2 atom stereocenters. The van der Waals surface area contributed by atoms with Crippen LogP contribution in [0.3, 0.4) is 0 Å². The summed E-state index contributed by atoms with van der Waals surface area (Å²) in [6.45, 7) is 2.82. The highest BCUT2D eigenvalue weighted by Gasteiger charge is 2.27. The van der Waals surface area contributed by atoms with Crippen LogP contribution in [0.4, 0.5) is 0 Å². The SMILES string of the molecule is NCC1CNCCC1c1cnc2ccccn12. The van der Waals surface area contributed by atoms with Crippen LogP contribution < -0.4 is 11.1 Å². The van der Waals surface area contributed by atoms with E-state index in [4.69, 9.17) is 5.73 Å². The standard InChI is InChI=1S/C13H18N4/c14-7-10-8-15-5-4-11(10)12-9-16-13-3-1-2-6-17(12)13/h1-3,6,9-11,15H,4-5,7-8,14H2. The molecular formula is C13H18N4. The van der Waals surface area contributed by atoms with E-state index in [0.29, 0.717) is 11.8 Å². The van der Waals surface area contributed by atoms with E-state index in [2.05, 4.69) is 27.0 Å². The minimum Gasteiger partial charge on any atom is -0.330 e. The van der Waals surface area contributed by atoms with Gasteiger partial charge in [0.2, 0.25) is 0 Å². The van der Waals surface area contributed by atoms with Crippen LogP contribution in [0.2, 0.25) is 0 Å². The molecule has 3 heterocycles. The highest BCUT2D eigenvalue weighted by Crippen LogP contribution is 2.29. The maximum atomic E-state index is 5.87. The number of hydrogen-bond acceptors (Lipinski definition) is 3. The molecule has 1 saturated heterocycles. The van der Waals surface area contributed by atoms with Crippen molar-refractivity contribution in [3.05, 3.63) is 36.3 Å². The Hall–Kier alpha value is -1.39. The number of pyridine rings is 1. The Kier molecular flexibility index (Phi) is 2.82. The first-order valence-corrected chi connectivity index (χ1v) is 6.23. The number of nitrogens with two attached hydrogens (primary N) is 1. The second-order valence-electron chi connectivity index (χ2n) is 4.71. The number of nitrogens with one attached hydrogen (secondary N) is 1. The van der Waals surface area contributed by atoms with Gasteiger partial charge in [-0.05, 0) is 44.1 Å². The van der Waals surface area contributed by atoms with Crippen LogP contribution >= 0.6 is 0 Å². The Bertz CT molecular complexity index is 505. The molecule has 0 bridgehead atoms. The van der Waals surface area contributed by atoms with Crippen LogP contribution in [0.15, 0.2) is 30.6 Å². The summed E-state index contributed by atoms with van der Waals surface area (Å²) < 4.78 is 2.19. The summed E-state index contributed by atoms with van der Waals surface area (Å²) in [5.41, 5.74) is 8.20. The molecule has 0 spiro atoms. The molecule has 1 aliphatic rings. The molecule has 90 valence electrons. The molecule has 0 amide bonds. The Labute approximate surface area is 101 Å². The van der Waals surface area contributed by atoms with E-state index in [9.17, 15) is 0 Å². The highest BCUT2D eigenvalue weighted by molar-refractivity contribution is 5.40. The molecule has 0 radical (unpaired) electrons. The summed E-state index contributed by atoms with van der Waals surface area (Å²) in [4.78, 5) is 4.46. The fraction of sp³-hybridized carbons (Fsp3) is 0.462. The number of imidazole rings is 1. The van der Waals surface area contributed by atoms with Crippen molar-refractivity contribution in [3.8, 4) is 0 Å². The molecule has 3 N–H and O–H groups in total. The lowest BCUT2D eigenvalue weighted by Gasteiger charge is -2.31. The summed E-state index contributed by atoms with van der Waals surface area (Å²) in [7, 11) is 0. The number of aromatic nitrogens is 2. The van der Waals surface area contributed by atoms with Gasteiger partial charge in [0.25, 0.3) is 0 Å². The van der Waals surface area contributed by atoms with Gasteiger partial charge in [0.15, 0.2) is 0 Å². The molecule has 2 aromatic rings. The lowest BCUT2D eigenvalue weighted by Crippen LogP contribution is -2.39. The third-order valence-electron chi connectivity index (χ3n) is 3.74. The molecule has 1 aliphatic heterocycles. The van der Waals surface area contributed by atoms with Crippen LogP contribution in [0.1, 0.15) is 18.0 Å². The van der Waals surface area contributed by atoms with Crippen molar-refractivity contribution in [1.82, 2.24) is 14.7 Å². The third kappa shape index (κ3) is 1.83. The van der Waals surface area contributed by atoms with Crippen LogP contribution in [0.5, 0.6) is 0 Å². The average molecular weight is 230 g/mol. The van der Waals surface area contributed by atoms with Crippen LogP contribution in [0.25, 0.3) is 5.65 Å². The van der Waals surface area contributed by atoms with E-state index in [1.807, 2.05) is 18.3 Å². The molecule has 1 fully saturated rings. The van der Waals surface area contributed by atoms with E-state index < -0.39 is 0 Å². The zero-order chi connectivity index (χ0) is 11.7. The zero-order valence-corrected chi connectivity index (χ0v) is 9.84. The molecular weight excluding hydrogens is 212 g/mol. The summed E-state index contributed by atoms with van der Waals surface area (Å²) in [5, 5.41) is 3.42. The van der Waals surface area contributed by atoms with E-state index in [-0.39, 0.29) is 0 Å². The molecule has 4 nitrogen and oxygen atoms in total. The maximum absolute atomic E-state index is 5.87. The first kappa shape index (κ1) is 10.7. The Morgan fingerprint density at radius 3 is 3.29 bits per heavy atom. The number of rotatable bonds is 2. The molecule has 0 saturated carbocycles. The molecule has 0 aromatic carbocycles. The van der Waals surface area contributed by atoms with Crippen molar-refractivity contribution in [2.24, 2.45) is 11.7 Å². The monoisotopic (exact) mass is 230 g/mol. The Morgan fingerprint density at radius 2 is 2.41 bits per heavy atom. The summed E-state index contributed by atoms with van der Waals surface area (Å²) in [5.74, 6) is 1.04. The lowest BCUT2D eigenvalue weighted by atomic mass is 9.84. The number of nitrogens with zero attached hydrogens (tertiary/aromatic N) is 2. The average Bonchev–Trinajstić information content (AvgIpc) is 2.82. The minimum atomic E-state index is 0.517. The number of piperidine rings is 1. The predicted octanol–water partition coefficient (Wildman–Crippen LogP) is 0.986. The second-order valence-corrected chi connectivity index (χ2v) is 4.71. The first-order chi connectivity index (χ1) is 8.40. The summed E-state index contributed by atoms with van der Waals surface area (Å²) >= 11 is 0. The number of fused-ring (bicyclic) bond motifs is 1. The quantitative estimate of drug-likeness (QED) is 0.809. The van der Waals surface area contributed by atoms with Crippen LogP contribution in [-0.4, -0.2) is 29.0 Å². The highest BCUT2D eigenvalue weighted by atomic mass is 15.0. The van der Waals surface area contributed by atoms with E-state index in [1.165, 1.54) is 5.69 Å². The summed E-state index contributed by atoms with van der Waals surface area (Å²) in [6.07, 6.45) is 5.24. The van der Waals surface area contributed by atoms with Crippen molar-refractivity contribution in [1.29, 1.82) is 0 Å². The van der Waals surface area contributed by atoms with E-state index >= 15 is 0 Å². The van der Waals surface area contributed by atoms with Gasteiger partial charge in [-0.25, -0.2) is 4.98 Å². The fourth-order valence-electron chi connectivity index (χ4n) is 2.79. The summed E-state index contributed by atoms with van der Waals surface area (Å²) in [6, 6.07) is 6.12. The van der Waals surface area contributed by atoms with Gasteiger partial charge in [-0.1, -0.05) is 6.07 Å². The molecule has 2 unspecified atom stereocenters. The fourth-order valence-corrected chi connectivity index (χ4v) is 2.79. The molecule has 4 heteroatoms. The van der Waals surface area contributed by atoms with Gasteiger partial charge in [0.05, 0.1) is 0 Å². The normalized spacial score (nSPS) is 25.2. The van der Waals surface area contributed by atoms with Crippen molar-refractivity contribution in [2.75, 3.05) is 19.6 Å². The molecule has 0 aliphatic carbocycles. The van der Waals surface area contributed by atoms with Crippen molar-refractivity contribution in [2.45, 2.75) is 12.3 Å².